The van der Waals surface area contributed by atoms with Crippen LogP contribution in [0.15, 0.2) is 36.7 Å². The topological polar surface area (TPSA) is 295 Å². The number of allylic oxidation sites excluding steroid dienone is 1. The Morgan fingerprint density at radius 2 is 1.57 bits per heavy atom. The van der Waals surface area contributed by atoms with E-state index in [4.69, 9.17) is 24.3 Å². The van der Waals surface area contributed by atoms with Gasteiger partial charge in [0.2, 0.25) is 0 Å². The Bertz CT molecular complexity index is 1510. The van der Waals surface area contributed by atoms with Gasteiger partial charge in [0.1, 0.15) is 48.5 Å². The molecule has 44 heavy (non-hydrogen) atoms. The maximum atomic E-state index is 12.4. The minimum Gasteiger partial charge on any atom is -0.389 e. The molecule has 0 aliphatic carbocycles. The number of imidazole rings is 1. The third-order valence-corrected chi connectivity index (χ3v) is 9.72. The van der Waals surface area contributed by atoms with Crippen LogP contribution in [0.1, 0.15) is 19.6 Å². The highest BCUT2D eigenvalue weighted by atomic mass is 31.3. The third-order valence-electron chi connectivity index (χ3n) is 7.12. The van der Waals surface area contributed by atoms with Crippen molar-refractivity contribution in [2.24, 2.45) is 0 Å². The lowest BCUT2D eigenvalue weighted by molar-refractivity contribution is -0.0655. The number of aromatic nitrogens is 4. The van der Waals surface area contributed by atoms with Crippen LogP contribution in [0.3, 0.4) is 0 Å². The lowest BCUT2D eigenvalue weighted by Crippen LogP contribution is -2.40. The number of anilines is 1. The van der Waals surface area contributed by atoms with E-state index in [9.17, 15) is 44.4 Å². The summed E-state index contributed by atoms with van der Waals surface area (Å²) in [6.07, 6.45) is -4.63. The summed E-state index contributed by atoms with van der Waals surface area (Å²) in [5.74, 6) is 0.0586. The van der Waals surface area contributed by atoms with E-state index in [-0.39, 0.29) is 17.0 Å². The molecule has 3 aliphatic heterocycles. The van der Waals surface area contributed by atoms with Crippen molar-refractivity contribution >= 4 is 32.6 Å². The predicted octanol–water partition coefficient (Wildman–Crippen LogP) is -1.79. The maximum Gasteiger partial charge on any atom is 0.481 e. The molecule has 2 aromatic rings. The zero-order chi connectivity index (χ0) is 32.0. The number of fused-ring (bicyclic) bond motifs is 1. The van der Waals surface area contributed by atoms with Gasteiger partial charge in [0.05, 0.1) is 25.6 Å². The molecule has 0 amide bonds. The van der Waals surface area contributed by atoms with Gasteiger partial charge in [-0.15, -0.1) is 0 Å². The molecule has 0 radical (unpaired) electrons. The highest BCUT2D eigenvalue weighted by molar-refractivity contribution is 7.61. The number of rotatable bonds is 11. The van der Waals surface area contributed by atoms with Gasteiger partial charge in [-0.05, 0) is 18.9 Å². The molecular formula is C22H32N6O14P2. The monoisotopic (exact) mass is 666 g/mol. The van der Waals surface area contributed by atoms with E-state index >= 15 is 0 Å². The van der Waals surface area contributed by atoms with Gasteiger partial charge in [-0.2, -0.15) is 4.31 Å². The Balaban J connectivity index is 1.15. The first-order valence-corrected chi connectivity index (χ1v) is 16.1. The number of nitrogens with two attached hydrogens (primary N) is 1. The second-order valence-electron chi connectivity index (χ2n) is 10.2. The second kappa shape index (κ2) is 12.8. The largest absolute Gasteiger partial charge is 0.481 e. The van der Waals surface area contributed by atoms with Crippen LogP contribution in [-0.2, 0) is 32.0 Å². The first-order valence-electron chi connectivity index (χ1n) is 13.1. The van der Waals surface area contributed by atoms with Crippen molar-refractivity contribution in [2.75, 3.05) is 18.9 Å². The Morgan fingerprint density at radius 3 is 2.18 bits per heavy atom. The van der Waals surface area contributed by atoms with Gasteiger partial charge >= 0.3 is 15.6 Å². The van der Waals surface area contributed by atoms with E-state index in [2.05, 4.69) is 19.3 Å². The summed E-state index contributed by atoms with van der Waals surface area (Å²) in [6, 6.07) is 0. The third kappa shape index (κ3) is 6.88. The molecule has 5 heterocycles. The minimum atomic E-state index is -5.35. The first-order chi connectivity index (χ1) is 20.7. The summed E-state index contributed by atoms with van der Waals surface area (Å²) in [5.41, 5.74) is 6.74. The van der Waals surface area contributed by atoms with Crippen molar-refractivity contribution in [1.82, 2.24) is 24.4 Å². The molecular weight excluding hydrogens is 634 g/mol. The fourth-order valence-electron chi connectivity index (χ4n) is 4.81. The van der Waals surface area contributed by atoms with Crippen LogP contribution >= 0.6 is 15.6 Å². The van der Waals surface area contributed by atoms with Gasteiger partial charge in [0.25, 0.3) is 0 Å². The molecule has 22 heteroatoms. The lowest BCUT2D eigenvalue weighted by atomic mass is 10.1. The van der Waals surface area contributed by atoms with Crippen LogP contribution in [-0.4, -0.2) is 122 Å². The zero-order valence-electron chi connectivity index (χ0n) is 22.9. The molecule has 2 fully saturated rings. The summed E-state index contributed by atoms with van der Waals surface area (Å²) in [4.78, 5) is 33.4. The van der Waals surface area contributed by atoms with Crippen LogP contribution in [0.2, 0.25) is 0 Å². The normalized spacial score (nSPS) is 34.2. The number of aliphatic hydroxyl groups is 5. The van der Waals surface area contributed by atoms with E-state index in [0.717, 1.165) is 6.33 Å². The van der Waals surface area contributed by atoms with E-state index in [1.54, 1.807) is 19.2 Å². The Kier molecular flexibility index (Phi) is 9.58. The smallest absolute Gasteiger partial charge is 0.389 e. The van der Waals surface area contributed by atoms with Crippen molar-refractivity contribution in [3.05, 3.63) is 36.7 Å². The molecule has 5 rings (SSSR count). The molecule has 9 N–H and O–H groups in total. The number of ether oxygens (including phenoxy) is 2. The molecule has 0 saturated carbocycles. The van der Waals surface area contributed by atoms with E-state index < -0.39 is 84.0 Å². The molecule has 0 aromatic carbocycles. The number of hydrogen-bond donors (Lipinski definition) is 8. The van der Waals surface area contributed by atoms with Gasteiger partial charge < -0.3 is 55.4 Å². The van der Waals surface area contributed by atoms with Crippen LogP contribution < -0.4 is 5.73 Å². The molecule has 0 spiro atoms. The first kappa shape index (κ1) is 33.0. The van der Waals surface area contributed by atoms with Gasteiger partial charge in [-0.3, -0.25) is 13.6 Å². The average Bonchev–Trinajstić information content (AvgIpc) is 3.61. The van der Waals surface area contributed by atoms with Gasteiger partial charge in [-0.25, -0.2) is 24.1 Å². The van der Waals surface area contributed by atoms with Crippen molar-refractivity contribution < 1.29 is 67.3 Å². The summed E-state index contributed by atoms with van der Waals surface area (Å²) in [6.45, 7) is -0.171. The SMILES string of the molecule is CC(O)C1=CN([C@@H]2O[C@H](COP(=O)(O)OP(=O)(O)OC[C@H]3O[C@@H](n4cnc5c(N)ncnc54)[C@H](O)[C@@H]3O)[C@@H](O)[C@H]2O)C=CC1. The molecule has 244 valence electrons. The maximum absolute atomic E-state index is 12.4. The minimum absolute atomic E-state index is 0.0586. The lowest BCUT2D eigenvalue weighted by Gasteiger charge is -2.29. The highest BCUT2D eigenvalue weighted by Gasteiger charge is 2.48. The summed E-state index contributed by atoms with van der Waals surface area (Å²) < 4.78 is 51.0. The van der Waals surface area contributed by atoms with Crippen LogP contribution in [0.5, 0.6) is 0 Å². The fraction of sp³-hybridized carbons (Fsp3) is 0.591. The Labute approximate surface area is 248 Å². The van der Waals surface area contributed by atoms with Gasteiger partial charge in [-0.1, -0.05) is 6.08 Å². The number of nitrogens with zero attached hydrogens (tertiary/aromatic N) is 5. The quantitative estimate of drug-likeness (QED) is 0.123. The van der Waals surface area contributed by atoms with Gasteiger partial charge in [0.15, 0.2) is 23.9 Å². The number of nitrogen functional groups attached to an aromatic ring is 1. The van der Waals surface area contributed by atoms with Crippen molar-refractivity contribution in [3.63, 3.8) is 0 Å². The van der Waals surface area contributed by atoms with Gasteiger partial charge in [0, 0.05) is 12.4 Å². The second-order valence-corrected chi connectivity index (χ2v) is 13.2. The number of hydrogen-bond acceptors (Lipinski definition) is 17. The summed E-state index contributed by atoms with van der Waals surface area (Å²) in [7, 11) is -10.7. The van der Waals surface area contributed by atoms with E-state index in [0.29, 0.717) is 12.0 Å². The van der Waals surface area contributed by atoms with Crippen molar-refractivity contribution in [1.29, 1.82) is 0 Å². The highest BCUT2D eigenvalue weighted by Crippen LogP contribution is 2.60. The molecule has 11 atom stereocenters. The molecule has 3 aliphatic rings. The van der Waals surface area contributed by atoms with Crippen LogP contribution in [0, 0.1) is 0 Å². The number of phosphoric acid groups is 2. The number of aliphatic hydroxyl groups excluding tert-OH is 5. The van der Waals surface area contributed by atoms with E-state index in [1.807, 2.05) is 0 Å². The molecule has 2 aromatic heterocycles. The summed E-state index contributed by atoms with van der Waals surface area (Å²) >= 11 is 0. The average molecular weight is 666 g/mol. The van der Waals surface area contributed by atoms with E-state index in [1.165, 1.54) is 22.0 Å². The fourth-order valence-corrected chi connectivity index (χ4v) is 6.90. The van der Waals surface area contributed by atoms with Crippen LogP contribution in [0.4, 0.5) is 5.82 Å². The van der Waals surface area contributed by atoms with Crippen molar-refractivity contribution in [3.8, 4) is 0 Å². The predicted molar refractivity (Wildman–Crippen MR) is 144 cm³/mol. The standard InChI is InChI=1S/C22H32N6O14P2/c1-10(29)11-3-2-4-27(5-11)21-17(32)15(30)12(40-21)6-38-43(34,35)42-44(36,37)39-7-13-16(31)18(33)22(41-13)28-9-26-14-19(23)24-8-25-20(14)28/h2,4-5,8-10,12-13,15-18,21-22,29-33H,3,6-7H2,1H3,(H,34,35)(H,36,37)(H2,23,24,25)/t10?,12-,13-,15-,16-,17-,18-,21-,22-/m1/s1. The molecule has 0 bridgehead atoms. The number of phosphoric ester groups is 2. The Hall–Kier alpha value is -2.39. The summed E-state index contributed by atoms with van der Waals surface area (Å²) in [5, 5.41) is 51.6. The molecule has 20 nitrogen and oxygen atoms in total. The molecule has 3 unspecified atom stereocenters. The zero-order valence-corrected chi connectivity index (χ0v) is 24.7. The van der Waals surface area contributed by atoms with Crippen molar-refractivity contribution in [2.45, 2.75) is 68.5 Å². The van der Waals surface area contributed by atoms with Crippen LogP contribution in [0.25, 0.3) is 11.2 Å². The Morgan fingerprint density at radius 1 is 0.977 bits per heavy atom. The molecule has 2 saturated heterocycles.